The van der Waals surface area contributed by atoms with Gasteiger partial charge in [-0.3, -0.25) is 14.2 Å². The lowest BCUT2D eigenvalue weighted by Gasteiger charge is -2.19. The van der Waals surface area contributed by atoms with Gasteiger partial charge in [-0.1, -0.05) is 47.1 Å². The van der Waals surface area contributed by atoms with Crippen molar-refractivity contribution in [3.63, 3.8) is 0 Å². The van der Waals surface area contributed by atoms with Crippen molar-refractivity contribution in [2.24, 2.45) is 0 Å². The smallest absolute Gasteiger partial charge is 0.262 e. The molecule has 1 amide bonds. The van der Waals surface area contributed by atoms with E-state index in [-0.39, 0.29) is 40.9 Å². The van der Waals surface area contributed by atoms with E-state index in [2.05, 4.69) is 11.6 Å². The van der Waals surface area contributed by atoms with Crippen molar-refractivity contribution in [2.75, 3.05) is 12.8 Å². The minimum Gasteiger partial charge on any atom is -0.341 e. The van der Waals surface area contributed by atoms with Gasteiger partial charge in [-0.15, -0.1) is 6.58 Å². The first-order valence-corrected chi connectivity index (χ1v) is 10.7. The quantitative estimate of drug-likeness (QED) is 0.286. The predicted octanol–water partition coefficient (Wildman–Crippen LogP) is 4.78. The standard InChI is InChI=1S/C21H18Cl2FN3O2S/c1-3-9-27-20(29)14-8-7-13(22)10-18(14)25-21(27)30-12-19(28)26(2)11-15-16(23)5-4-6-17(15)24/h3-8,10H,1,9,11-12H2,2H3. The number of fused-ring (bicyclic) bond motifs is 1. The Balaban J connectivity index is 1.82. The molecule has 0 aliphatic heterocycles. The second kappa shape index (κ2) is 9.64. The molecule has 9 heteroatoms. The van der Waals surface area contributed by atoms with Gasteiger partial charge in [0.15, 0.2) is 5.16 Å². The number of benzene rings is 2. The molecule has 156 valence electrons. The Morgan fingerprint density at radius 1 is 1.33 bits per heavy atom. The van der Waals surface area contributed by atoms with Crippen molar-refractivity contribution in [2.45, 2.75) is 18.2 Å². The lowest BCUT2D eigenvalue weighted by Crippen LogP contribution is -2.29. The van der Waals surface area contributed by atoms with Crippen LogP contribution < -0.4 is 5.56 Å². The van der Waals surface area contributed by atoms with E-state index in [1.165, 1.54) is 21.6 Å². The fourth-order valence-electron chi connectivity index (χ4n) is 2.82. The molecule has 0 atom stereocenters. The monoisotopic (exact) mass is 465 g/mol. The lowest BCUT2D eigenvalue weighted by molar-refractivity contribution is -0.127. The minimum absolute atomic E-state index is 0.0121. The third kappa shape index (κ3) is 4.86. The Labute approximate surface area is 187 Å². The fourth-order valence-corrected chi connectivity index (χ4v) is 4.16. The van der Waals surface area contributed by atoms with Gasteiger partial charge in [0.2, 0.25) is 5.91 Å². The van der Waals surface area contributed by atoms with Gasteiger partial charge in [-0.2, -0.15) is 0 Å². The van der Waals surface area contributed by atoms with Crippen molar-refractivity contribution in [3.05, 3.63) is 80.8 Å². The summed E-state index contributed by atoms with van der Waals surface area (Å²) >= 11 is 13.2. The molecule has 0 fully saturated rings. The summed E-state index contributed by atoms with van der Waals surface area (Å²) in [4.78, 5) is 31.3. The molecule has 0 spiro atoms. The zero-order valence-electron chi connectivity index (χ0n) is 16.1. The highest BCUT2D eigenvalue weighted by Gasteiger charge is 2.17. The maximum Gasteiger partial charge on any atom is 0.262 e. The SMILES string of the molecule is C=CCn1c(SCC(=O)N(C)Cc2c(F)cccc2Cl)nc2cc(Cl)ccc2c1=O. The summed E-state index contributed by atoms with van der Waals surface area (Å²) in [5.74, 6) is -0.717. The number of hydrogen-bond donors (Lipinski definition) is 0. The van der Waals surface area contributed by atoms with Crippen molar-refractivity contribution in [1.82, 2.24) is 14.5 Å². The van der Waals surface area contributed by atoms with Crippen LogP contribution in [0.3, 0.4) is 0 Å². The molecule has 0 bridgehead atoms. The Kier molecular flexibility index (Phi) is 7.18. The first-order valence-electron chi connectivity index (χ1n) is 8.92. The zero-order chi connectivity index (χ0) is 21.8. The summed E-state index contributed by atoms with van der Waals surface area (Å²) in [6.07, 6.45) is 1.59. The minimum atomic E-state index is -0.470. The van der Waals surface area contributed by atoms with Crippen molar-refractivity contribution < 1.29 is 9.18 Å². The molecule has 30 heavy (non-hydrogen) atoms. The molecule has 3 rings (SSSR count). The molecule has 1 aromatic heterocycles. The maximum absolute atomic E-state index is 14.0. The molecule has 0 saturated heterocycles. The Hall–Kier alpha value is -2.35. The number of carbonyl (C=O) groups is 1. The van der Waals surface area contributed by atoms with Crippen molar-refractivity contribution in [1.29, 1.82) is 0 Å². The number of aromatic nitrogens is 2. The number of rotatable bonds is 7. The molecule has 0 aliphatic rings. The Morgan fingerprint density at radius 3 is 2.80 bits per heavy atom. The molecule has 0 radical (unpaired) electrons. The average molecular weight is 466 g/mol. The van der Waals surface area contributed by atoms with Crippen LogP contribution in [0.2, 0.25) is 10.0 Å². The number of amides is 1. The topological polar surface area (TPSA) is 55.2 Å². The van der Waals surface area contributed by atoms with Gasteiger partial charge in [0, 0.05) is 35.7 Å². The second-order valence-corrected chi connectivity index (χ2v) is 8.29. The Bertz CT molecular complexity index is 1160. The molecule has 2 aromatic carbocycles. The van der Waals surface area contributed by atoms with Crippen LogP contribution in [-0.4, -0.2) is 33.2 Å². The number of halogens is 3. The van der Waals surface area contributed by atoms with Gasteiger partial charge in [-0.25, -0.2) is 9.37 Å². The highest BCUT2D eigenvalue weighted by molar-refractivity contribution is 7.99. The molecule has 5 nitrogen and oxygen atoms in total. The number of hydrogen-bond acceptors (Lipinski definition) is 4. The molecular formula is C21H18Cl2FN3O2S. The highest BCUT2D eigenvalue weighted by atomic mass is 35.5. The van der Waals surface area contributed by atoms with Gasteiger partial charge < -0.3 is 4.90 Å². The van der Waals surface area contributed by atoms with Gasteiger partial charge in [0.1, 0.15) is 5.82 Å². The third-order valence-corrected chi connectivity index (χ3v) is 5.95. The van der Waals surface area contributed by atoms with Gasteiger partial charge in [0.25, 0.3) is 5.56 Å². The van der Waals surface area contributed by atoms with Crippen molar-refractivity contribution >= 4 is 51.8 Å². The summed E-state index contributed by atoms with van der Waals surface area (Å²) in [7, 11) is 1.57. The van der Waals surface area contributed by atoms with Crippen LogP contribution in [0.25, 0.3) is 10.9 Å². The van der Waals surface area contributed by atoms with Crippen LogP contribution in [0, 0.1) is 5.82 Å². The molecular weight excluding hydrogens is 448 g/mol. The summed E-state index contributed by atoms with van der Waals surface area (Å²) < 4.78 is 15.4. The van der Waals surface area contributed by atoms with Crippen LogP contribution in [0.4, 0.5) is 4.39 Å². The van der Waals surface area contributed by atoms with E-state index in [4.69, 9.17) is 23.2 Å². The summed E-state index contributed by atoms with van der Waals surface area (Å²) in [6, 6.07) is 9.24. The largest absolute Gasteiger partial charge is 0.341 e. The molecule has 0 unspecified atom stereocenters. The number of nitrogens with zero attached hydrogens (tertiary/aromatic N) is 3. The first kappa shape index (κ1) is 22.3. The number of thioether (sulfide) groups is 1. The van der Waals surface area contributed by atoms with E-state index in [1.807, 2.05) is 0 Å². The fraction of sp³-hybridized carbons (Fsp3) is 0.190. The lowest BCUT2D eigenvalue weighted by atomic mass is 10.2. The highest BCUT2D eigenvalue weighted by Crippen LogP contribution is 2.23. The van der Waals surface area contributed by atoms with E-state index >= 15 is 0 Å². The number of allylic oxidation sites excluding steroid dienone is 1. The third-order valence-electron chi connectivity index (χ3n) is 4.40. The van der Waals surface area contributed by atoms with E-state index in [1.54, 1.807) is 37.4 Å². The van der Waals surface area contributed by atoms with Crippen LogP contribution in [0.5, 0.6) is 0 Å². The Morgan fingerprint density at radius 2 is 2.10 bits per heavy atom. The zero-order valence-corrected chi connectivity index (χ0v) is 18.4. The van der Waals surface area contributed by atoms with E-state index in [9.17, 15) is 14.0 Å². The van der Waals surface area contributed by atoms with Crippen LogP contribution >= 0.6 is 35.0 Å². The molecule has 3 aromatic rings. The van der Waals surface area contributed by atoms with Gasteiger partial charge in [-0.05, 0) is 30.3 Å². The van der Waals surface area contributed by atoms with E-state index in [0.29, 0.717) is 21.1 Å². The summed E-state index contributed by atoms with van der Waals surface area (Å²) in [5, 5.41) is 1.53. The van der Waals surface area contributed by atoms with E-state index < -0.39 is 5.82 Å². The normalized spacial score (nSPS) is 10.9. The summed E-state index contributed by atoms with van der Waals surface area (Å²) in [5.41, 5.74) is 0.467. The maximum atomic E-state index is 14.0. The molecule has 0 aliphatic carbocycles. The van der Waals surface area contributed by atoms with Gasteiger partial charge in [0.05, 0.1) is 16.7 Å². The average Bonchev–Trinajstić information content (AvgIpc) is 2.71. The first-order chi connectivity index (χ1) is 14.3. The predicted molar refractivity (Wildman–Crippen MR) is 120 cm³/mol. The molecule has 0 saturated carbocycles. The summed E-state index contributed by atoms with van der Waals surface area (Å²) in [6.45, 7) is 3.96. The van der Waals surface area contributed by atoms with E-state index in [0.717, 1.165) is 11.8 Å². The number of carbonyl (C=O) groups excluding carboxylic acids is 1. The van der Waals surface area contributed by atoms with Gasteiger partial charge >= 0.3 is 0 Å². The van der Waals surface area contributed by atoms with Crippen LogP contribution in [0.1, 0.15) is 5.56 Å². The van der Waals surface area contributed by atoms with Crippen LogP contribution in [-0.2, 0) is 17.9 Å². The molecule has 1 heterocycles. The van der Waals surface area contributed by atoms with Crippen LogP contribution in [0.15, 0.2) is 59.0 Å². The second-order valence-electron chi connectivity index (χ2n) is 6.50. The van der Waals surface area contributed by atoms with Crippen molar-refractivity contribution in [3.8, 4) is 0 Å². The molecule has 0 N–H and O–H groups in total.